The molecule has 0 spiro atoms. The van der Waals surface area contributed by atoms with Crippen LogP contribution in [0.2, 0.25) is 0 Å². The van der Waals surface area contributed by atoms with Crippen molar-refractivity contribution in [3.8, 4) is 0 Å². The number of aromatic nitrogens is 1. The zero-order valence-electron chi connectivity index (χ0n) is 15.8. The molecule has 3 heterocycles. The molecule has 0 aliphatic carbocycles. The standard InChI is InChI=1S/C21H25N3O3.BrH/c25-20-9-4-8-19-17-12-16(14-24(19)20)13-23(15-17)10-5-11-27-21(26)22-18-6-2-1-3-7-18;/h1-4,6-9,16-17H,5,10-15H2,(H,22,26);1H/t16-,17+;/m0./s1. The van der Waals surface area contributed by atoms with Crippen LogP contribution in [0.1, 0.15) is 24.5 Å². The van der Waals surface area contributed by atoms with Crippen LogP contribution >= 0.6 is 17.0 Å². The highest BCUT2D eigenvalue weighted by molar-refractivity contribution is 8.93. The molecule has 7 heteroatoms. The van der Waals surface area contributed by atoms with Crippen LogP contribution < -0.4 is 10.9 Å². The van der Waals surface area contributed by atoms with E-state index < -0.39 is 6.09 Å². The van der Waals surface area contributed by atoms with E-state index in [2.05, 4.69) is 16.3 Å². The van der Waals surface area contributed by atoms with E-state index in [9.17, 15) is 9.59 Å². The third-order valence-electron chi connectivity index (χ3n) is 5.43. The Labute approximate surface area is 175 Å². The number of benzene rings is 1. The molecule has 2 atom stereocenters. The van der Waals surface area contributed by atoms with Crippen molar-refractivity contribution >= 4 is 28.8 Å². The van der Waals surface area contributed by atoms with Gasteiger partial charge in [0.1, 0.15) is 0 Å². The highest BCUT2D eigenvalue weighted by Crippen LogP contribution is 2.34. The number of pyridine rings is 1. The molecular weight excluding hydrogens is 422 g/mol. The van der Waals surface area contributed by atoms with Crippen LogP contribution in [0, 0.1) is 5.92 Å². The summed E-state index contributed by atoms with van der Waals surface area (Å²) in [6, 6.07) is 14.9. The number of halogens is 1. The quantitative estimate of drug-likeness (QED) is 0.712. The maximum Gasteiger partial charge on any atom is 0.411 e. The number of hydrogen-bond donors (Lipinski definition) is 1. The smallest absolute Gasteiger partial charge is 0.411 e. The minimum Gasteiger partial charge on any atom is -0.449 e. The first kappa shape index (κ1) is 20.6. The van der Waals surface area contributed by atoms with Gasteiger partial charge in [0.15, 0.2) is 0 Å². The van der Waals surface area contributed by atoms with Gasteiger partial charge in [0, 0.05) is 49.5 Å². The molecule has 1 aromatic heterocycles. The number of piperidine rings is 1. The Bertz CT molecular complexity index is 855. The third kappa shape index (κ3) is 4.83. The van der Waals surface area contributed by atoms with Gasteiger partial charge in [0.2, 0.25) is 0 Å². The van der Waals surface area contributed by atoms with E-state index in [0.717, 1.165) is 44.7 Å². The molecule has 4 rings (SSSR count). The van der Waals surface area contributed by atoms with Gasteiger partial charge < -0.3 is 14.2 Å². The molecule has 2 aliphatic rings. The summed E-state index contributed by atoms with van der Waals surface area (Å²) in [5.74, 6) is 0.951. The molecule has 1 aromatic carbocycles. The molecule has 1 N–H and O–H groups in total. The van der Waals surface area contributed by atoms with E-state index in [1.54, 1.807) is 6.07 Å². The summed E-state index contributed by atoms with van der Waals surface area (Å²) < 4.78 is 7.23. The monoisotopic (exact) mass is 447 g/mol. The lowest BCUT2D eigenvalue weighted by Crippen LogP contribution is -2.47. The highest BCUT2D eigenvalue weighted by Gasteiger charge is 2.34. The Morgan fingerprint density at radius 3 is 2.71 bits per heavy atom. The van der Waals surface area contributed by atoms with Gasteiger partial charge in [-0.15, -0.1) is 17.0 Å². The van der Waals surface area contributed by atoms with E-state index in [0.29, 0.717) is 18.4 Å². The minimum absolute atomic E-state index is 0. The Kier molecular flexibility index (Phi) is 6.91. The number of carbonyl (C=O) groups excluding carboxylic acids is 1. The van der Waals surface area contributed by atoms with Gasteiger partial charge in [-0.1, -0.05) is 24.3 Å². The second-order valence-corrected chi connectivity index (χ2v) is 7.44. The first-order chi connectivity index (χ1) is 13.2. The molecule has 2 aliphatic heterocycles. The number of carbonyl (C=O) groups is 1. The molecule has 1 amide bonds. The molecular formula is C21H26BrN3O3. The minimum atomic E-state index is -0.412. The summed E-state index contributed by atoms with van der Waals surface area (Å²) in [5.41, 5.74) is 2.02. The number of fused-ring (bicyclic) bond motifs is 4. The van der Waals surface area contributed by atoms with Gasteiger partial charge in [-0.25, -0.2) is 4.79 Å². The lowest BCUT2D eigenvalue weighted by Gasteiger charge is -2.42. The van der Waals surface area contributed by atoms with Crippen LogP contribution in [0.15, 0.2) is 53.3 Å². The fourth-order valence-electron chi connectivity index (χ4n) is 4.31. The summed E-state index contributed by atoms with van der Waals surface area (Å²) in [7, 11) is 0. The fourth-order valence-corrected chi connectivity index (χ4v) is 4.31. The van der Waals surface area contributed by atoms with Crippen molar-refractivity contribution in [1.29, 1.82) is 0 Å². The first-order valence-electron chi connectivity index (χ1n) is 9.60. The fraction of sp³-hybridized carbons (Fsp3) is 0.429. The van der Waals surface area contributed by atoms with E-state index in [1.807, 2.05) is 41.0 Å². The van der Waals surface area contributed by atoms with Crippen molar-refractivity contribution in [2.24, 2.45) is 5.92 Å². The van der Waals surface area contributed by atoms with Crippen molar-refractivity contribution in [2.75, 3.05) is 31.6 Å². The number of nitrogens with one attached hydrogen (secondary N) is 1. The van der Waals surface area contributed by atoms with Crippen LogP contribution in [0.4, 0.5) is 10.5 Å². The number of rotatable bonds is 5. The summed E-state index contributed by atoms with van der Waals surface area (Å²) >= 11 is 0. The van der Waals surface area contributed by atoms with Crippen LogP contribution in [0.25, 0.3) is 0 Å². The number of nitrogens with zero attached hydrogens (tertiary/aromatic N) is 2. The molecule has 2 bridgehead atoms. The van der Waals surface area contributed by atoms with Crippen LogP contribution in [0.3, 0.4) is 0 Å². The van der Waals surface area contributed by atoms with Gasteiger partial charge >= 0.3 is 6.09 Å². The van der Waals surface area contributed by atoms with Crippen molar-refractivity contribution < 1.29 is 9.53 Å². The second-order valence-electron chi connectivity index (χ2n) is 7.44. The molecule has 1 saturated heterocycles. The number of ether oxygens (including phenoxy) is 1. The average Bonchev–Trinajstić information content (AvgIpc) is 2.67. The maximum atomic E-state index is 12.1. The largest absolute Gasteiger partial charge is 0.449 e. The molecule has 2 aromatic rings. The summed E-state index contributed by atoms with van der Waals surface area (Å²) in [4.78, 5) is 26.3. The summed E-state index contributed by atoms with van der Waals surface area (Å²) in [6.45, 7) is 4.10. The van der Waals surface area contributed by atoms with Crippen molar-refractivity contribution in [2.45, 2.75) is 25.3 Å². The normalized spacial score (nSPS) is 20.6. The third-order valence-corrected chi connectivity index (χ3v) is 5.43. The number of amides is 1. The van der Waals surface area contributed by atoms with Gasteiger partial charge in [0.05, 0.1) is 6.61 Å². The number of hydrogen-bond acceptors (Lipinski definition) is 4. The molecule has 28 heavy (non-hydrogen) atoms. The van der Waals surface area contributed by atoms with Crippen LogP contribution in [-0.2, 0) is 11.3 Å². The zero-order chi connectivity index (χ0) is 18.6. The zero-order valence-corrected chi connectivity index (χ0v) is 17.5. The SMILES string of the molecule is Br.O=C(Nc1ccccc1)OCCCN1C[C@@H]2C[C@H](C1)c1cccc(=O)n1C2. The van der Waals surface area contributed by atoms with Crippen LogP contribution in [0.5, 0.6) is 0 Å². The van der Waals surface area contributed by atoms with E-state index in [1.165, 1.54) is 5.69 Å². The van der Waals surface area contributed by atoms with Crippen molar-refractivity contribution in [1.82, 2.24) is 9.47 Å². The lowest BCUT2D eigenvalue weighted by molar-refractivity contribution is 0.107. The van der Waals surface area contributed by atoms with Gasteiger partial charge in [-0.05, 0) is 37.0 Å². The number of para-hydroxylation sites is 1. The average molecular weight is 448 g/mol. The van der Waals surface area contributed by atoms with Gasteiger partial charge in [0.25, 0.3) is 5.56 Å². The first-order valence-corrected chi connectivity index (χ1v) is 9.60. The number of anilines is 1. The second kappa shape index (κ2) is 9.39. The molecule has 1 fully saturated rings. The van der Waals surface area contributed by atoms with E-state index >= 15 is 0 Å². The molecule has 150 valence electrons. The van der Waals surface area contributed by atoms with E-state index in [4.69, 9.17) is 4.74 Å². The molecule has 0 radical (unpaired) electrons. The topological polar surface area (TPSA) is 63.6 Å². The summed E-state index contributed by atoms with van der Waals surface area (Å²) in [6.07, 6.45) is 1.56. The predicted octanol–water partition coefficient (Wildman–Crippen LogP) is 3.48. The Hall–Kier alpha value is -2.12. The molecule has 0 unspecified atom stereocenters. The van der Waals surface area contributed by atoms with E-state index in [-0.39, 0.29) is 22.5 Å². The Balaban J connectivity index is 0.00000225. The van der Waals surface area contributed by atoms with Crippen LogP contribution in [-0.4, -0.2) is 41.8 Å². The van der Waals surface area contributed by atoms with Gasteiger partial charge in [-0.3, -0.25) is 10.1 Å². The van der Waals surface area contributed by atoms with Crippen molar-refractivity contribution in [3.63, 3.8) is 0 Å². The summed E-state index contributed by atoms with van der Waals surface area (Å²) in [5, 5.41) is 2.72. The highest BCUT2D eigenvalue weighted by atomic mass is 79.9. The predicted molar refractivity (Wildman–Crippen MR) is 114 cm³/mol. The molecule has 6 nitrogen and oxygen atoms in total. The van der Waals surface area contributed by atoms with Gasteiger partial charge in [-0.2, -0.15) is 0 Å². The molecule has 0 saturated carbocycles. The Morgan fingerprint density at radius 1 is 1.07 bits per heavy atom. The Morgan fingerprint density at radius 2 is 1.89 bits per heavy atom. The lowest BCUT2D eigenvalue weighted by atomic mass is 9.83. The maximum absolute atomic E-state index is 12.1. The number of likely N-dealkylation sites (tertiary alicyclic amines) is 1. The van der Waals surface area contributed by atoms with Crippen molar-refractivity contribution in [3.05, 3.63) is 64.6 Å².